The molecule has 4 heteroatoms. The van der Waals surface area contributed by atoms with Gasteiger partial charge in [-0.25, -0.2) is 0 Å². The first-order valence-corrected chi connectivity index (χ1v) is 5.76. The van der Waals surface area contributed by atoms with E-state index < -0.39 is 0 Å². The number of aromatic nitrogens is 1. The zero-order valence-electron chi connectivity index (χ0n) is 9.70. The summed E-state index contributed by atoms with van der Waals surface area (Å²) in [6.45, 7) is 2.90. The SMILES string of the molecule is CCC(CCO)CNC(=O)Cc1ccc[nH]1. The fraction of sp³-hybridized carbons (Fsp3) is 0.583. The lowest BCUT2D eigenvalue weighted by Crippen LogP contribution is -2.30. The zero-order chi connectivity index (χ0) is 11.8. The second-order valence-electron chi connectivity index (χ2n) is 3.96. The summed E-state index contributed by atoms with van der Waals surface area (Å²) >= 11 is 0. The van der Waals surface area contributed by atoms with Crippen molar-refractivity contribution in [1.82, 2.24) is 10.3 Å². The van der Waals surface area contributed by atoms with Gasteiger partial charge in [0.25, 0.3) is 0 Å². The minimum atomic E-state index is 0.0267. The van der Waals surface area contributed by atoms with E-state index in [1.165, 1.54) is 0 Å². The standard InChI is InChI=1S/C12H20N2O2/c1-2-10(5-7-15)9-14-12(16)8-11-4-3-6-13-11/h3-4,6,10,13,15H,2,5,7-9H2,1H3,(H,14,16). The summed E-state index contributed by atoms with van der Waals surface area (Å²) in [7, 11) is 0. The number of aliphatic hydroxyl groups excluding tert-OH is 1. The Kier molecular flexibility index (Phi) is 5.64. The highest BCUT2D eigenvalue weighted by atomic mass is 16.3. The number of H-pyrrole nitrogens is 1. The van der Waals surface area contributed by atoms with E-state index in [4.69, 9.17) is 5.11 Å². The minimum Gasteiger partial charge on any atom is -0.396 e. The van der Waals surface area contributed by atoms with E-state index in [1.54, 1.807) is 0 Å². The van der Waals surface area contributed by atoms with E-state index in [9.17, 15) is 4.79 Å². The summed E-state index contributed by atoms with van der Waals surface area (Å²) in [5.74, 6) is 0.399. The van der Waals surface area contributed by atoms with Crippen LogP contribution in [0.1, 0.15) is 25.5 Å². The van der Waals surface area contributed by atoms with Crippen LogP contribution in [0.3, 0.4) is 0 Å². The molecule has 0 spiro atoms. The fourth-order valence-electron chi connectivity index (χ4n) is 1.60. The van der Waals surface area contributed by atoms with Crippen molar-refractivity contribution in [3.8, 4) is 0 Å². The third-order valence-electron chi connectivity index (χ3n) is 2.72. The molecule has 4 nitrogen and oxygen atoms in total. The van der Waals surface area contributed by atoms with E-state index in [-0.39, 0.29) is 12.5 Å². The molecule has 0 radical (unpaired) electrons. The first-order chi connectivity index (χ1) is 7.76. The van der Waals surface area contributed by atoms with Crippen LogP contribution in [0.25, 0.3) is 0 Å². The van der Waals surface area contributed by atoms with Crippen LogP contribution in [0.2, 0.25) is 0 Å². The van der Waals surface area contributed by atoms with Gasteiger partial charge in [-0.3, -0.25) is 4.79 Å². The van der Waals surface area contributed by atoms with Gasteiger partial charge >= 0.3 is 0 Å². The summed E-state index contributed by atoms with van der Waals surface area (Å²) < 4.78 is 0. The van der Waals surface area contributed by atoms with Crippen LogP contribution in [-0.4, -0.2) is 29.1 Å². The third kappa shape index (κ3) is 4.49. The molecule has 1 amide bonds. The van der Waals surface area contributed by atoms with E-state index in [2.05, 4.69) is 17.2 Å². The van der Waals surface area contributed by atoms with Gasteiger partial charge in [-0.15, -0.1) is 0 Å². The highest BCUT2D eigenvalue weighted by Gasteiger charge is 2.08. The van der Waals surface area contributed by atoms with Gasteiger partial charge in [0.05, 0.1) is 6.42 Å². The van der Waals surface area contributed by atoms with Crippen LogP contribution >= 0.6 is 0 Å². The molecular weight excluding hydrogens is 204 g/mol. The molecule has 0 aromatic carbocycles. The number of aromatic amines is 1. The van der Waals surface area contributed by atoms with Crippen molar-refractivity contribution in [3.05, 3.63) is 24.0 Å². The Bertz CT molecular complexity index is 296. The molecule has 1 aromatic rings. The Morgan fingerprint density at radius 3 is 3.00 bits per heavy atom. The predicted molar refractivity (Wildman–Crippen MR) is 63.0 cm³/mol. The molecule has 0 aliphatic carbocycles. The quantitative estimate of drug-likeness (QED) is 0.649. The molecule has 1 atom stereocenters. The monoisotopic (exact) mass is 224 g/mol. The molecule has 1 heterocycles. The minimum absolute atomic E-state index is 0.0267. The van der Waals surface area contributed by atoms with Crippen molar-refractivity contribution in [3.63, 3.8) is 0 Å². The molecule has 1 aromatic heterocycles. The summed E-state index contributed by atoms with van der Waals surface area (Å²) in [5.41, 5.74) is 0.924. The number of carbonyl (C=O) groups excluding carboxylic acids is 1. The van der Waals surface area contributed by atoms with Crippen LogP contribution in [0.15, 0.2) is 18.3 Å². The molecular formula is C12H20N2O2. The molecule has 0 aliphatic rings. The molecule has 3 N–H and O–H groups in total. The summed E-state index contributed by atoms with van der Waals surface area (Å²) in [5, 5.41) is 11.7. The number of hydrogen-bond donors (Lipinski definition) is 3. The number of amides is 1. The van der Waals surface area contributed by atoms with Gasteiger partial charge in [0, 0.05) is 25.0 Å². The van der Waals surface area contributed by atoms with Gasteiger partial charge in [-0.2, -0.15) is 0 Å². The second-order valence-corrected chi connectivity index (χ2v) is 3.96. The number of nitrogens with one attached hydrogen (secondary N) is 2. The summed E-state index contributed by atoms with van der Waals surface area (Å²) in [6.07, 6.45) is 3.93. The van der Waals surface area contributed by atoms with Gasteiger partial charge in [-0.05, 0) is 24.5 Å². The molecule has 0 bridgehead atoms. The molecule has 1 unspecified atom stereocenters. The fourth-order valence-corrected chi connectivity index (χ4v) is 1.60. The van der Waals surface area contributed by atoms with Crippen LogP contribution in [0.4, 0.5) is 0 Å². The normalized spacial score (nSPS) is 12.4. The van der Waals surface area contributed by atoms with Gasteiger partial charge in [-0.1, -0.05) is 13.3 Å². The second kappa shape index (κ2) is 7.06. The Morgan fingerprint density at radius 2 is 2.44 bits per heavy atom. The average Bonchev–Trinajstić information content (AvgIpc) is 2.76. The smallest absolute Gasteiger partial charge is 0.225 e. The van der Waals surface area contributed by atoms with E-state index in [0.29, 0.717) is 18.9 Å². The van der Waals surface area contributed by atoms with Crippen LogP contribution in [-0.2, 0) is 11.2 Å². The first kappa shape index (κ1) is 12.8. The maximum absolute atomic E-state index is 11.5. The maximum atomic E-state index is 11.5. The number of rotatable bonds is 7. The van der Waals surface area contributed by atoms with E-state index >= 15 is 0 Å². The average molecular weight is 224 g/mol. The molecule has 90 valence electrons. The van der Waals surface area contributed by atoms with E-state index in [1.807, 2.05) is 18.3 Å². The Balaban J connectivity index is 2.24. The highest BCUT2D eigenvalue weighted by Crippen LogP contribution is 2.05. The number of aliphatic hydroxyl groups is 1. The molecule has 0 aliphatic heterocycles. The number of carbonyl (C=O) groups is 1. The maximum Gasteiger partial charge on any atom is 0.225 e. The molecule has 0 saturated heterocycles. The van der Waals surface area contributed by atoms with Gasteiger partial charge in [0.1, 0.15) is 0 Å². The number of hydrogen-bond acceptors (Lipinski definition) is 2. The molecule has 0 saturated carbocycles. The van der Waals surface area contributed by atoms with E-state index in [0.717, 1.165) is 18.5 Å². The molecule has 16 heavy (non-hydrogen) atoms. The predicted octanol–water partition coefficient (Wildman–Crippen LogP) is 1.08. The summed E-state index contributed by atoms with van der Waals surface area (Å²) in [4.78, 5) is 14.5. The van der Waals surface area contributed by atoms with Gasteiger partial charge in [0.2, 0.25) is 5.91 Å². The topological polar surface area (TPSA) is 65.1 Å². The Labute approximate surface area is 96.1 Å². The Hall–Kier alpha value is -1.29. The van der Waals surface area contributed by atoms with Crippen molar-refractivity contribution in [2.75, 3.05) is 13.2 Å². The summed E-state index contributed by atoms with van der Waals surface area (Å²) in [6, 6.07) is 3.77. The van der Waals surface area contributed by atoms with Crippen LogP contribution in [0, 0.1) is 5.92 Å². The van der Waals surface area contributed by atoms with Crippen molar-refractivity contribution in [2.45, 2.75) is 26.2 Å². The van der Waals surface area contributed by atoms with Crippen molar-refractivity contribution < 1.29 is 9.90 Å². The van der Waals surface area contributed by atoms with Crippen LogP contribution in [0.5, 0.6) is 0 Å². The first-order valence-electron chi connectivity index (χ1n) is 5.76. The lowest BCUT2D eigenvalue weighted by atomic mass is 10.0. The molecule has 1 rings (SSSR count). The van der Waals surface area contributed by atoms with Gasteiger partial charge < -0.3 is 15.4 Å². The van der Waals surface area contributed by atoms with Crippen molar-refractivity contribution in [1.29, 1.82) is 0 Å². The molecule has 0 fully saturated rings. The van der Waals surface area contributed by atoms with Crippen LogP contribution < -0.4 is 5.32 Å². The lowest BCUT2D eigenvalue weighted by Gasteiger charge is -2.13. The van der Waals surface area contributed by atoms with Gasteiger partial charge in [0.15, 0.2) is 0 Å². The largest absolute Gasteiger partial charge is 0.396 e. The highest BCUT2D eigenvalue weighted by molar-refractivity contribution is 5.78. The lowest BCUT2D eigenvalue weighted by molar-refractivity contribution is -0.120. The zero-order valence-corrected chi connectivity index (χ0v) is 9.70. The Morgan fingerprint density at radius 1 is 1.62 bits per heavy atom. The van der Waals surface area contributed by atoms with Crippen molar-refractivity contribution >= 4 is 5.91 Å². The third-order valence-corrected chi connectivity index (χ3v) is 2.72. The van der Waals surface area contributed by atoms with Crippen molar-refractivity contribution in [2.24, 2.45) is 5.92 Å².